The fraction of sp³-hybridized carbons (Fsp3) is 0.619. The van der Waals surface area contributed by atoms with Crippen LogP contribution < -0.4 is 10.6 Å². The summed E-state index contributed by atoms with van der Waals surface area (Å²) >= 11 is 5.83. The van der Waals surface area contributed by atoms with Crippen molar-refractivity contribution >= 4 is 23.4 Å². The normalized spacial score (nSPS) is 31.7. The van der Waals surface area contributed by atoms with Crippen LogP contribution in [0.1, 0.15) is 55.3 Å². The van der Waals surface area contributed by atoms with Gasteiger partial charge in [-0.05, 0) is 86.0 Å². The molecular formula is C21H27ClN2O2. The molecule has 0 aliphatic heterocycles. The van der Waals surface area contributed by atoms with Crippen molar-refractivity contribution in [2.45, 2.75) is 44.9 Å². The molecule has 1 aromatic rings. The number of rotatable bonds is 6. The smallest absolute Gasteiger partial charge is 0.251 e. The topological polar surface area (TPSA) is 58.2 Å². The average molecular weight is 375 g/mol. The Hall–Kier alpha value is -1.55. The highest BCUT2D eigenvalue weighted by Gasteiger charge is 2.51. The van der Waals surface area contributed by atoms with E-state index in [4.69, 9.17) is 11.6 Å². The second-order valence-corrected chi connectivity index (χ2v) is 9.14. The number of benzene rings is 1. The van der Waals surface area contributed by atoms with Crippen molar-refractivity contribution in [1.82, 2.24) is 10.6 Å². The third-order valence-electron chi connectivity index (χ3n) is 6.54. The predicted octanol–water partition coefficient (Wildman–Crippen LogP) is 3.79. The Labute approximate surface area is 160 Å². The van der Waals surface area contributed by atoms with Gasteiger partial charge in [-0.3, -0.25) is 9.59 Å². The van der Waals surface area contributed by atoms with Gasteiger partial charge < -0.3 is 10.6 Å². The number of carbonyl (C=O) groups is 2. The molecule has 0 radical (unpaired) electrons. The second-order valence-electron chi connectivity index (χ2n) is 8.71. The van der Waals surface area contributed by atoms with E-state index in [1.807, 2.05) is 0 Å². The van der Waals surface area contributed by atoms with Gasteiger partial charge in [0.05, 0.1) is 0 Å². The van der Waals surface area contributed by atoms with Gasteiger partial charge >= 0.3 is 0 Å². The van der Waals surface area contributed by atoms with Gasteiger partial charge in [-0.2, -0.15) is 0 Å². The van der Waals surface area contributed by atoms with Crippen LogP contribution in [0, 0.1) is 23.2 Å². The number of hydrogen-bond donors (Lipinski definition) is 2. The number of nitrogens with one attached hydrogen (secondary N) is 2. The van der Waals surface area contributed by atoms with Gasteiger partial charge in [0.15, 0.2) is 0 Å². The number of carbonyl (C=O) groups excluding carboxylic acids is 2. The van der Waals surface area contributed by atoms with Crippen molar-refractivity contribution in [2.24, 2.45) is 23.2 Å². The predicted molar refractivity (Wildman–Crippen MR) is 102 cm³/mol. The zero-order valence-electron chi connectivity index (χ0n) is 15.1. The van der Waals surface area contributed by atoms with Crippen LogP contribution in [0.5, 0.6) is 0 Å². The highest BCUT2D eigenvalue weighted by molar-refractivity contribution is 6.30. The SMILES string of the molecule is O=C(CC12CC3CC(CC(C3)C1)C2)NCCNC(=O)c1ccc(Cl)cc1. The molecule has 2 amide bonds. The van der Waals surface area contributed by atoms with Gasteiger partial charge in [-0.15, -0.1) is 0 Å². The molecule has 2 N–H and O–H groups in total. The molecular weight excluding hydrogens is 348 g/mol. The fourth-order valence-electron chi connectivity index (χ4n) is 5.99. The highest BCUT2D eigenvalue weighted by Crippen LogP contribution is 2.61. The van der Waals surface area contributed by atoms with Crippen LogP contribution in [-0.2, 0) is 4.79 Å². The summed E-state index contributed by atoms with van der Waals surface area (Å²) < 4.78 is 0. The van der Waals surface area contributed by atoms with Crippen LogP contribution in [0.25, 0.3) is 0 Å². The molecule has 0 unspecified atom stereocenters. The summed E-state index contributed by atoms with van der Waals surface area (Å²) in [6.07, 6.45) is 8.62. The standard InChI is InChI=1S/C21H27ClN2O2/c22-18-3-1-17(2-4-18)20(26)24-6-5-23-19(25)13-21-10-14-7-15(11-21)9-16(8-14)12-21/h1-4,14-16H,5-13H2,(H,23,25)(H,24,26). The molecule has 0 atom stereocenters. The van der Waals surface area contributed by atoms with Crippen molar-refractivity contribution < 1.29 is 9.59 Å². The van der Waals surface area contributed by atoms with E-state index < -0.39 is 0 Å². The van der Waals surface area contributed by atoms with Gasteiger partial charge in [0.2, 0.25) is 5.91 Å². The molecule has 0 heterocycles. The maximum atomic E-state index is 12.4. The van der Waals surface area contributed by atoms with Crippen LogP contribution in [-0.4, -0.2) is 24.9 Å². The highest BCUT2D eigenvalue weighted by atomic mass is 35.5. The van der Waals surface area contributed by atoms with E-state index in [1.165, 1.54) is 38.5 Å². The zero-order valence-corrected chi connectivity index (χ0v) is 15.9. The molecule has 5 heteroatoms. The van der Waals surface area contributed by atoms with E-state index in [0.29, 0.717) is 30.1 Å². The summed E-state index contributed by atoms with van der Waals surface area (Å²) in [5.74, 6) is 2.61. The molecule has 4 bridgehead atoms. The lowest BCUT2D eigenvalue weighted by Gasteiger charge is -2.56. The van der Waals surface area contributed by atoms with Crippen LogP contribution in [0.4, 0.5) is 0 Å². The zero-order chi connectivity index (χ0) is 18.1. The van der Waals surface area contributed by atoms with Crippen LogP contribution in [0.3, 0.4) is 0 Å². The molecule has 1 aromatic carbocycles. The number of halogens is 1. The van der Waals surface area contributed by atoms with Crippen molar-refractivity contribution in [1.29, 1.82) is 0 Å². The first-order valence-corrected chi connectivity index (χ1v) is 10.2. The second kappa shape index (κ2) is 7.22. The summed E-state index contributed by atoms with van der Waals surface area (Å²) in [5.41, 5.74) is 0.847. The van der Waals surface area contributed by atoms with Crippen molar-refractivity contribution in [3.63, 3.8) is 0 Å². The van der Waals surface area contributed by atoms with Crippen molar-refractivity contribution in [3.05, 3.63) is 34.9 Å². The van der Waals surface area contributed by atoms with Crippen LogP contribution >= 0.6 is 11.6 Å². The number of amides is 2. The largest absolute Gasteiger partial charge is 0.354 e. The average Bonchev–Trinajstić information content (AvgIpc) is 2.57. The summed E-state index contributed by atoms with van der Waals surface area (Å²) in [4.78, 5) is 24.5. The Morgan fingerprint density at radius 3 is 2.04 bits per heavy atom. The van der Waals surface area contributed by atoms with Gasteiger partial charge in [0, 0.05) is 30.1 Å². The van der Waals surface area contributed by atoms with E-state index in [9.17, 15) is 9.59 Å². The molecule has 4 saturated carbocycles. The van der Waals surface area contributed by atoms with E-state index in [0.717, 1.165) is 17.8 Å². The van der Waals surface area contributed by atoms with E-state index >= 15 is 0 Å². The lowest BCUT2D eigenvalue weighted by Crippen LogP contribution is -2.48. The summed E-state index contributed by atoms with van der Waals surface area (Å²) in [5, 5.41) is 6.45. The Kier molecular flexibility index (Phi) is 4.96. The molecule has 140 valence electrons. The van der Waals surface area contributed by atoms with Crippen LogP contribution in [0.2, 0.25) is 5.02 Å². The summed E-state index contributed by atoms with van der Waals surface area (Å²) in [6.45, 7) is 0.915. The minimum Gasteiger partial charge on any atom is -0.354 e. The lowest BCUT2D eigenvalue weighted by atomic mass is 9.49. The minimum atomic E-state index is -0.142. The molecule has 4 aliphatic rings. The Balaban J connectivity index is 1.20. The monoisotopic (exact) mass is 374 g/mol. The van der Waals surface area contributed by atoms with E-state index in [-0.39, 0.29) is 17.2 Å². The Morgan fingerprint density at radius 2 is 1.46 bits per heavy atom. The quantitative estimate of drug-likeness (QED) is 0.744. The van der Waals surface area contributed by atoms with Crippen molar-refractivity contribution in [2.75, 3.05) is 13.1 Å². The van der Waals surface area contributed by atoms with E-state index in [1.54, 1.807) is 24.3 Å². The van der Waals surface area contributed by atoms with E-state index in [2.05, 4.69) is 10.6 Å². The molecule has 0 aromatic heterocycles. The third kappa shape index (κ3) is 3.90. The van der Waals surface area contributed by atoms with Gasteiger partial charge in [-0.1, -0.05) is 11.6 Å². The summed E-state index contributed by atoms with van der Waals surface area (Å²) in [7, 11) is 0. The van der Waals surface area contributed by atoms with Gasteiger partial charge in [-0.25, -0.2) is 0 Å². The first-order valence-electron chi connectivity index (χ1n) is 9.82. The van der Waals surface area contributed by atoms with Crippen molar-refractivity contribution in [3.8, 4) is 0 Å². The van der Waals surface area contributed by atoms with Crippen LogP contribution in [0.15, 0.2) is 24.3 Å². The fourth-order valence-corrected chi connectivity index (χ4v) is 6.12. The number of hydrogen-bond acceptors (Lipinski definition) is 2. The molecule has 26 heavy (non-hydrogen) atoms. The molecule has 0 spiro atoms. The first kappa shape index (κ1) is 17.8. The van der Waals surface area contributed by atoms with Gasteiger partial charge in [0.1, 0.15) is 0 Å². The Morgan fingerprint density at radius 1 is 0.923 bits per heavy atom. The van der Waals surface area contributed by atoms with Gasteiger partial charge in [0.25, 0.3) is 5.91 Å². The molecule has 4 aliphatic carbocycles. The molecule has 4 fully saturated rings. The molecule has 5 rings (SSSR count). The maximum absolute atomic E-state index is 12.4. The first-order chi connectivity index (χ1) is 12.5. The Bertz CT molecular complexity index is 650. The maximum Gasteiger partial charge on any atom is 0.251 e. The minimum absolute atomic E-state index is 0.142. The lowest BCUT2D eigenvalue weighted by molar-refractivity contribution is -0.129. The summed E-state index contributed by atoms with van der Waals surface area (Å²) in [6, 6.07) is 6.79. The molecule has 0 saturated heterocycles. The third-order valence-corrected chi connectivity index (χ3v) is 6.79. The molecule has 4 nitrogen and oxygen atoms in total.